The van der Waals surface area contributed by atoms with Gasteiger partial charge in [0.2, 0.25) is 15.9 Å². The van der Waals surface area contributed by atoms with E-state index in [4.69, 9.17) is 0 Å². The summed E-state index contributed by atoms with van der Waals surface area (Å²) in [5.41, 5.74) is 2.53. The summed E-state index contributed by atoms with van der Waals surface area (Å²) in [5.74, 6) is -0.194. The molecular weight excluding hydrogens is 300 g/mol. The molecule has 0 aliphatic heterocycles. The fraction of sp³-hybridized carbons (Fsp3) is 0.438. The molecule has 0 bridgehead atoms. The quantitative estimate of drug-likeness (QED) is 0.744. The summed E-state index contributed by atoms with van der Waals surface area (Å²) >= 11 is 0. The molecule has 0 aromatic heterocycles. The highest BCUT2D eigenvalue weighted by Gasteiger charge is 2.22. The van der Waals surface area contributed by atoms with Crippen molar-refractivity contribution in [2.45, 2.75) is 26.7 Å². The van der Waals surface area contributed by atoms with Crippen LogP contribution >= 0.6 is 0 Å². The number of para-hydroxylation sites is 1. The van der Waals surface area contributed by atoms with Crippen molar-refractivity contribution >= 4 is 21.6 Å². The Labute approximate surface area is 133 Å². The smallest absolute Gasteiger partial charge is 0.232 e. The van der Waals surface area contributed by atoms with Crippen LogP contribution in [0.2, 0.25) is 0 Å². The lowest BCUT2D eigenvalue weighted by atomic mass is 10.1. The zero-order chi connectivity index (χ0) is 16.8. The summed E-state index contributed by atoms with van der Waals surface area (Å²) < 4.78 is 25.6. The van der Waals surface area contributed by atoms with Crippen molar-refractivity contribution in [1.29, 1.82) is 0 Å². The number of nitrogens with one attached hydrogen (secondary N) is 1. The van der Waals surface area contributed by atoms with Gasteiger partial charge in [0.1, 0.15) is 0 Å². The Hall–Kier alpha value is -1.82. The van der Waals surface area contributed by atoms with Gasteiger partial charge in [-0.25, -0.2) is 8.42 Å². The molecule has 1 amide bonds. The number of hydrogen-bond donors (Lipinski definition) is 1. The molecule has 0 heterocycles. The maximum absolute atomic E-state index is 12.2. The molecule has 122 valence electrons. The summed E-state index contributed by atoms with van der Waals surface area (Å²) in [6.07, 6.45) is 3.59. The number of carbonyl (C=O) groups excluding carboxylic acids is 1. The monoisotopic (exact) mass is 324 g/mol. The number of aryl methyl sites for hydroxylation is 2. The van der Waals surface area contributed by atoms with Crippen LogP contribution < -0.4 is 9.62 Å². The maximum Gasteiger partial charge on any atom is 0.232 e. The molecule has 5 nitrogen and oxygen atoms in total. The fourth-order valence-electron chi connectivity index (χ4n) is 2.28. The predicted octanol–water partition coefficient (Wildman–Crippen LogP) is 2.02. The van der Waals surface area contributed by atoms with E-state index in [1.165, 1.54) is 10.6 Å². The van der Waals surface area contributed by atoms with Gasteiger partial charge < -0.3 is 5.32 Å². The highest BCUT2D eigenvalue weighted by molar-refractivity contribution is 7.92. The normalized spacial score (nSPS) is 11.0. The van der Waals surface area contributed by atoms with Gasteiger partial charge in [0.05, 0.1) is 11.9 Å². The summed E-state index contributed by atoms with van der Waals surface area (Å²) in [5, 5.41) is 2.66. The fourth-order valence-corrected chi connectivity index (χ4v) is 3.30. The van der Waals surface area contributed by atoms with Gasteiger partial charge in [0.25, 0.3) is 0 Å². The minimum atomic E-state index is -3.46. The SMILES string of the molecule is C=CCNC(=O)CCN(c1c(C)cccc1CC)S(C)(=O)=O. The van der Waals surface area contributed by atoms with Crippen molar-refractivity contribution in [3.8, 4) is 0 Å². The van der Waals surface area contributed by atoms with Crippen LogP contribution in [0.1, 0.15) is 24.5 Å². The number of amides is 1. The minimum absolute atomic E-state index is 0.110. The minimum Gasteiger partial charge on any atom is -0.353 e. The highest BCUT2D eigenvalue weighted by atomic mass is 32.2. The van der Waals surface area contributed by atoms with Gasteiger partial charge in [-0.15, -0.1) is 6.58 Å². The van der Waals surface area contributed by atoms with Gasteiger partial charge >= 0.3 is 0 Å². The molecule has 0 spiro atoms. The predicted molar refractivity (Wildman–Crippen MR) is 90.6 cm³/mol. The first kappa shape index (κ1) is 18.2. The lowest BCUT2D eigenvalue weighted by Gasteiger charge is -2.26. The summed E-state index contributed by atoms with van der Waals surface area (Å²) in [7, 11) is -3.46. The van der Waals surface area contributed by atoms with E-state index < -0.39 is 10.0 Å². The van der Waals surface area contributed by atoms with Crippen LogP contribution in [0.4, 0.5) is 5.69 Å². The zero-order valence-electron chi connectivity index (χ0n) is 13.4. The largest absolute Gasteiger partial charge is 0.353 e. The standard InChI is InChI=1S/C16H24N2O3S/c1-5-11-17-15(19)10-12-18(22(4,20)21)16-13(3)8-7-9-14(16)6-2/h5,7-9H,1,6,10-12H2,2-4H3,(H,17,19). The Bertz CT molecular complexity index is 639. The maximum atomic E-state index is 12.2. The molecule has 1 rings (SSSR count). The van der Waals surface area contributed by atoms with Crippen molar-refractivity contribution in [3.63, 3.8) is 0 Å². The Balaban J connectivity index is 3.06. The van der Waals surface area contributed by atoms with Crippen molar-refractivity contribution < 1.29 is 13.2 Å². The van der Waals surface area contributed by atoms with E-state index >= 15 is 0 Å². The van der Waals surface area contributed by atoms with E-state index in [9.17, 15) is 13.2 Å². The van der Waals surface area contributed by atoms with Crippen LogP contribution in [-0.4, -0.2) is 33.7 Å². The molecule has 0 saturated heterocycles. The van der Waals surface area contributed by atoms with Crippen LogP contribution in [-0.2, 0) is 21.2 Å². The van der Waals surface area contributed by atoms with E-state index in [1.807, 2.05) is 32.0 Å². The molecule has 1 aromatic carbocycles. The topological polar surface area (TPSA) is 66.5 Å². The lowest BCUT2D eigenvalue weighted by Crippen LogP contribution is -2.35. The molecule has 1 N–H and O–H groups in total. The average Bonchev–Trinajstić information content (AvgIpc) is 2.45. The van der Waals surface area contributed by atoms with Crippen molar-refractivity contribution in [3.05, 3.63) is 42.0 Å². The Morgan fingerprint density at radius 2 is 2.09 bits per heavy atom. The van der Waals surface area contributed by atoms with E-state index in [1.54, 1.807) is 6.08 Å². The first-order chi connectivity index (χ1) is 10.3. The second-order valence-corrected chi connectivity index (χ2v) is 7.02. The molecule has 0 atom stereocenters. The van der Waals surface area contributed by atoms with Crippen LogP contribution in [0.3, 0.4) is 0 Å². The van der Waals surface area contributed by atoms with Gasteiger partial charge in [-0.2, -0.15) is 0 Å². The molecular formula is C16H24N2O3S. The number of nitrogens with zero attached hydrogens (tertiary/aromatic N) is 1. The van der Waals surface area contributed by atoms with E-state index in [-0.39, 0.29) is 18.9 Å². The second-order valence-electron chi connectivity index (χ2n) is 5.11. The molecule has 6 heteroatoms. The Kier molecular flexibility index (Phi) is 6.61. The van der Waals surface area contributed by atoms with Gasteiger partial charge in [0.15, 0.2) is 0 Å². The molecule has 0 aliphatic carbocycles. The number of anilines is 1. The first-order valence-electron chi connectivity index (χ1n) is 7.25. The zero-order valence-corrected chi connectivity index (χ0v) is 14.2. The molecule has 22 heavy (non-hydrogen) atoms. The number of sulfonamides is 1. The molecule has 0 unspecified atom stereocenters. The van der Waals surface area contributed by atoms with E-state index in [0.717, 1.165) is 17.5 Å². The third kappa shape index (κ3) is 4.87. The van der Waals surface area contributed by atoms with Gasteiger partial charge in [0, 0.05) is 19.5 Å². The number of hydrogen-bond acceptors (Lipinski definition) is 3. The summed E-state index contributed by atoms with van der Waals surface area (Å²) in [6, 6.07) is 5.71. The molecule has 0 saturated carbocycles. The van der Waals surface area contributed by atoms with Gasteiger partial charge in [-0.05, 0) is 24.5 Å². The van der Waals surface area contributed by atoms with Crippen LogP contribution in [0, 0.1) is 6.92 Å². The Morgan fingerprint density at radius 3 is 2.64 bits per heavy atom. The lowest BCUT2D eigenvalue weighted by molar-refractivity contribution is -0.120. The average molecular weight is 324 g/mol. The molecule has 0 aliphatic rings. The van der Waals surface area contributed by atoms with Crippen molar-refractivity contribution in [1.82, 2.24) is 5.32 Å². The third-order valence-electron chi connectivity index (χ3n) is 3.34. The number of benzene rings is 1. The molecule has 0 fully saturated rings. The summed E-state index contributed by atoms with van der Waals surface area (Å²) in [4.78, 5) is 11.7. The van der Waals surface area contributed by atoms with Crippen LogP contribution in [0.25, 0.3) is 0 Å². The van der Waals surface area contributed by atoms with Crippen molar-refractivity contribution in [2.75, 3.05) is 23.7 Å². The van der Waals surface area contributed by atoms with Crippen LogP contribution in [0.15, 0.2) is 30.9 Å². The molecule has 1 aromatic rings. The van der Waals surface area contributed by atoms with Crippen molar-refractivity contribution in [2.24, 2.45) is 0 Å². The second kappa shape index (κ2) is 7.98. The van der Waals surface area contributed by atoms with Crippen LogP contribution in [0.5, 0.6) is 0 Å². The van der Waals surface area contributed by atoms with E-state index in [0.29, 0.717) is 12.2 Å². The van der Waals surface area contributed by atoms with Gasteiger partial charge in [-0.1, -0.05) is 31.2 Å². The van der Waals surface area contributed by atoms with Gasteiger partial charge in [-0.3, -0.25) is 9.10 Å². The Morgan fingerprint density at radius 1 is 1.41 bits per heavy atom. The van der Waals surface area contributed by atoms with E-state index in [2.05, 4.69) is 11.9 Å². The third-order valence-corrected chi connectivity index (χ3v) is 4.50. The number of rotatable bonds is 8. The first-order valence-corrected chi connectivity index (χ1v) is 9.09. The number of carbonyl (C=O) groups is 1. The molecule has 0 radical (unpaired) electrons. The summed E-state index contributed by atoms with van der Waals surface area (Å²) in [6.45, 7) is 7.89. The highest BCUT2D eigenvalue weighted by Crippen LogP contribution is 2.27.